The Hall–Kier alpha value is -0.770. The number of rotatable bonds is 5. The van der Waals surface area contributed by atoms with Gasteiger partial charge in [0.1, 0.15) is 10.8 Å². The molecule has 0 radical (unpaired) electrons. The van der Waals surface area contributed by atoms with Crippen molar-refractivity contribution >= 4 is 22.4 Å². The first-order valence-corrected chi connectivity index (χ1v) is 7.43. The highest BCUT2D eigenvalue weighted by atomic mass is 32.1. The van der Waals surface area contributed by atoms with E-state index in [-0.39, 0.29) is 0 Å². The molecule has 4 heteroatoms. The highest BCUT2D eigenvalue weighted by Gasteiger charge is 2.24. The Kier molecular flexibility index (Phi) is 4.26. The van der Waals surface area contributed by atoms with Crippen LogP contribution in [0.1, 0.15) is 46.0 Å². The molecule has 2 rings (SSSR count). The third kappa shape index (κ3) is 3.35. The summed E-state index contributed by atoms with van der Waals surface area (Å²) in [5, 5.41) is 1.26. The quantitative estimate of drug-likeness (QED) is 0.873. The Morgan fingerprint density at radius 3 is 2.71 bits per heavy atom. The lowest BCUT2D eigenvalue weighted by Crippen LogP contribution is -2.34. The molecule has 1 heterocycles. The number of hydrogen-bond donors (Lipinski definition) is 1. The summed E-state index contributed by atoms with van der Waals surface area (Å²) in [7, 11) is 0. The zero-order valence-electron chi connectivity index (χ0n) is 10.9. The van der Waals surface area contributed by atoms with Crippen LogP contribution in [-0.4, -0.2) is 17.0 Å². The standard InChI is InChI=1S/C13H23N3S/c1-10(2)7-8-16(11-5-3-4-6-11)13-9-12(14)15-17-13/h9-11H,3-8H2,1-2H3,(H2,14,15). The number of aromatic nitrogens is 1. The van der Waals surface area contributed by atoms with Gasteiger partial charge in [0.25, 0.3) is 0 Å². The van der Waals surface area contributed by atoms with Crippen molar-refractivity contribution in [2.24, 2.45) is 5.92 Å². The summed E-state index contributed by atoms with van der Waals surface area (Å²) >= 11 is 1.55. The lowest BCUT2D eigenvalue weighted by atomic mass is 10.1. The van der Waals surface area contributed by atoms with Gasteiger partial charge in [-0.25, -0.2) is 0 Å². The number of anilines is 2. The van der Waals surface area contributed by atoms with Crippen LogP contribution in [0.2, 0.25) is 0 Å². The number of nitrogens with two attached hydrogens (primary N) is 1. The Morgan fingerprint density at radius 2 is 2.18 bits per heavy atom. The molecule has 1 fully saturated rings. The minimum absolute atomic E-state index is 0.664. The summed E-state index contributed by atoms with van der Waals surface area (Å²) in [4.78, 5) is 2.54. The maximum absolute atomic E-state index is 5.74. The molecular weight excluding hydrogens is 230 g/mol. The molecule has 2 N–H and O–H groups in total. The van der Waals surface area contributed by atoms with E-state index in [1.54, 1.807) is 11.5 Å². The molecule has 1 aromatic heterocycles. The van der Waals surface area contributed by atoms with Crippen LogP contribution >= 0.6 is 11.5 Å². The summed E-state index contributed by atoms with van der Waals surface area (Å²) in [5.41, 5.74) is 5.74. The molecule has 1 aliphatic rings. The van der Waals surface area contributed by atoms with Crippen molar-refractivity contribution in [1.82, 2.24) is 4.37 Å². The van der Waals surface area contributed by atoms with Crippen LogP contribution in [0, 0.1) is 5.92 Å². The van der Waals surface area contributed by atoms with Crippen LogP contribution in [0.3, 0.4) is 0 Å². The number of nitrogens with zero attached hydrogens (tertiary/aromatic N) is 2. The fraction of sp³-hybridized carbons (Fsp3) is 0.769. The molecule has 1 aromatic rings. The molecule has 3 nitrogen and oxygen atoms in total. The SMILES string of the molecule is CC(C)CCN(c1cc(N)ns1)C1CCCC1. The van der Waals surface area contributed by atoms with Gasteiger partial charge in [-0.3, -0.25) is 0 Å². The Morgan fingerprint density at radius 1 is 1.47 bits per heavy atom. The zero-order chi connectivity index (χ0) is 12.3. The van der Waals surface area contributed by atoms with E-state index in [9.17, 15) is 0 Å². The van der Waals surface area contributed by atoms with E-state index in [0.717, 1.165) is 12.5 Å². The average molecular weight is 253 g/mol. The van der Waals surface area contributed by atoms with E-state index in [2.05, 4.69) is 23.1 Å². The van der Waals surface area contributed by atoms with Gasteiger partial charge in [0, 0.05) is 18.7 Å². The molecule has 96 valence electrons. The van der Waals surface area contributed by atoms with Gasteiger partial charge in [-0.15, -0.1) is 0 Å². The molecule has 1 saturated carbocycles. The van der Waals surface area contributed by atoms with Gasteiger partial charge in [0.15, 0.2) is 0 Å². The summed E-state index contributed by atoms with van der Waals surface area (Å²) in [6.45, 7) is 5.71. The molecule has 0 atom stereocenters. The second kappa shape index (κ2) is 5.71. The molecule has 0 bridgehead atoms. The highest BCUT2D eigenvalue weighted by molar-refractivity contribution is 7.10. The van der Waals surface area contributed by atoms with Crippen molar-refractivity contribution in [2.45, 2.75) is 52.0 Å². The van der Waals surface area contributed by atoms with E-state index in [1.807, 2.05) is 6.07 Å². The monoisotopic (exact) mass is 253 g/mol. The molecule has 0 aliphatic heterocycles. The summed E-state index contributed by atoms with van der Waals surface area (Å²) < 4.78 is 4.21. The Balaban J connectivity index is 2.05. The molecule has 1 aliphatic carbocycles. The normalized spacial score (nSPS) is 16.9. The first-order valence-electron chi connectivity index (χ1n) is 6.65. The van der Waals surface area contributed by atoms with Crippen molar-refractivity contribution in [3.8, 4) is 0 Å². The first kappa shape index (κ1) is 12.7. The summed E-state index contributed by atoms with van der Waals surface area (Å²) in [6, 6.07) is 2.75. The molecule has 0 spiro atoms. The third-order valence-electron chi connectivity index (χ3n) is 3.51. The molecular formula is C13H23N3S. The van der Waals surface area contributed by atoms with Crippen LogP contribution in [0.25, 0.3) is 0 Å². The smallest absolute Gasteiger partial charge is 0.139 e. The first-order chi connectivity index (χ1) is 8.16. The van der Waals surface area contributed by atoms with E-state index >= 15 is 0 Å². The highest BCUT2D eigenvalue weighted by Crippen LogP contribution is 2.32. The van der Waals surface area contributed by atoms with Gasteiger partial charge < -0.3 is 10.6 Å². The fourth-order valence-electron chi connectivity index (χ4n) is 2.50. The second-order valence-electron chi connectivity index (χ2n) is 5.40. The second-order valence-corrected chi connectivity index (χ2v) is 6.19. The van der Waals surface area contributed by atoms with Gasteiger partial charge >= 0.3 is 0 Å². The number of hydrogen-bond acceptors (Lipinski definition) is 4. The van der Waals surface area contributed by atoms with Crippen molar-refractivity contribution < 1.29 is 0 Å². The molecule has 0 amide bonds. The maximum atomic E-state index is 5.74. The summed E-state index contributed by atoms with van der Waals surface area (Å²) in [6.07, 6.45) is 6.65. The van der Waals surface area contributed by atoms with E-state index in [4.69, 9.17) is 5.73 Å². The fourth-order valence-corrected chi connectivity index (χ4v) is 3.27. The molecule has 0 aromatic carbocycles. The van der Waals surface area contributed by atoms with Crippen LogP contribution in [0.15, 0.2) is 6.07 Å². The Labute approximate surface area is 108 Å². The largest absolute Gasteiger partial charge is 0.383 e. The van der Waals surface area contributed by atoms with Gasteiger partial charge in [-0.2, -0.15) is 4.37 Å². The minimum atomic E-state index is 0.664. The molecule has 17 heavy (non-hydrogen) atoms. The molecule has 0 saturated heterocycles. The molecule has 0 unspecified atom stereocenters. The third-order valence-corrected chi connectivity index (χ3v) is 4.35. The summed E-state index contributed by atoms with van der Waals surface area (Å²) in [5.74, 6) is 1.42. The van der Waals surface area contributed by atoms with Crippen molar-refractivity contribution in [3.63, 3.8) is 0 Å². The van der Waals surface area contributed by atoms with Crippen molar-refractivity contribution in [1.29, 1.82) is 0 Å². The van der Waals surface area contributed by atoms with Gasteiger partial charge in [-0.1, -0.05) is 26.7 Å². The van der Waals surface area contributed by atoms with Gasteiger partial charge in [0.05, 0.1) is 0 Å². The van der Waals surface area contributed by atoms with Gasteiger partial charge in [-0.05, 0) is 36.7 Å². The predicted octanol–water partition coefficient (Wildman–Crippen LogP) is 3.52. The van der Waals surface area contributed by atoms with E-state index in [0.29, 0.717) is 11.9 Å². The van der Waals surface area contributed by atoms with E-state index < -0.39 is 0 Å². The van der Waals surface area contributed by atoms with Crippen LogP contribution in [-0.2, 0) is 0 Å². The van der Waals surface area contributed by atoms with Crippen molar-refractivity contribution in [3.05, 3.63) is 6.07 Å². The lowest BCUT2D eigenvalue weighted by molar-refractivity contribution is 0.530. The maximum Gasteiger partial charge on any atom is 0.139 e. The van der Waals surface area contributed by atoms with E-state index in [1.165, 1.54) is 37.1 Å². The van der Waals surface area contributed by atoms with Crippen LogP contribution < -0.4 is 10.6 Å². The lowest BCUT2D eigenvalue weighted by Gasteiger charge is -2.29. The minimum Gasteiger partial charge on any atom is -0.383 e. The topological polar surface area (TPSA) is 42.1 Å². The number of nitrogen functional groups attached to an aromatic ring is 1. The van der Waals surface area contributed by atoms with Crippen molar-refractivity contribution in [2.75, 3.05) is 17.2 Å². The van der Waals surface area contributed by atoms with Gasteiger partial charge in [0.2, 0.25) is 0 Å². The zero-order valence-corrected chi connectivity index (χ0v) is 11.7. The van der Waals surface area contributed by atoms with Crippen LogP contribution in [0.5, 0.6) is 0 Å². The average Bonchev–Trinajstić information content (AvgIpc) is 2.90. The predicted molar refractivity (Wildman–Crippen MR) is 75.6 cm³/mol. The Bertz CT molecular complexity index is 342. The van der Waals surface area contributed by atoms with Crippen LogP contribution in [0.4, 0.5) is 10.8 Å².